The van der Waals surface area contributed by atoms with Crippen LogP contribution in [0.25, 0.3) is 11.5 Å². The molecule has 144 valence electrons. The zero-order chi connectivity index (χ0) is 19.3. The summed E-state index contributed by atoms with van der Waals surface area (Å²) in [6, 6.07) is 11.7. The molecule has 1 N–H and O–H groups in total. The Morgan fingerprint density at radius 1 is 1.29 bits per heavy atom. The van der Waals surface area contributed by atoms with Gasteiger partial charge in [0.05, 0.1) is 6.04 Å². The Bertz CT molecular complexity index is 947. The number of benzene rings is 1. The van der Waals surface area contributed by atoms with E-state index in [-0.39, 0.29) is 24.2 Å². The molecule has 1 fully saturated rings. The van der Waals surface area contributed by atoms with Crippen molar-refractivity contribution in [3.63, 3.8) is 0 Å². The molecule has 28 heavy (non-hydrogen) atoms. The van der Waals surface area contributed by atoms with E-state index < -0.39 is 0 Å². The number of carbonyl (C=O) groups is 1. The lowest BCUT2D eigenvalue weighted by atomic mass is 10.0. The molecule has 1 aromatic carbocycles. The highest BCUT2D eigenvalue weighted by Crippen LogP contribution is 2.24. The second-order valence-corrected chi connectivity index (χ2v) is 6.59. The Hall–Kier alpha value is -3.13. The van der Waals surface area contributed by atoms with Gasteiger partial charge < -0.3 is 14.7 Å². The van der Waals surface area contributed by atoms with Crippen molar-refractivity contribution in [1.29, 1.82) is 0 Å². The van der Waals surface area contributed by atoms with Gasteiger partial charge in [0.15, 0.2) is 0 Å². The number of amides is 1. The van der Waals surface area contributed by atoms with Crippen molar-refractivity contribution in [3.05, 3.63) is 65.9 Å². The number of nitrogens with one attached hydrogen (secondary N) is 1. The van der Waals surface area contributed by atoms with Gasteiger partial charge in [-0.3, -0.25) is 9.78 Å². The van der Waals surface area contributed by atoms with Gasteiger partial charge in [0, 0.05) is 38.7 Å². The number of nitrogens with zero attached hydrogens (tertiary/aromatic N) is 4. The summed E-state index contributed by atoms with van der Waals surface area (Å²) >= 11 is 0. The van der Waals surface area contributed by atoms with Crippen molar-refractivity contribution in [2.75, 3.05) is 19.6 Å². The first-order valence-electron chi connectivity index (χ1n) is 9.20. The van der Waals surface area contributed by atoms with E-state index in [2.05, 4.69) is 20.4 Å². The normalized spacial score (nSPS) is 16.9. The predicted octanol–water partition coefficient (Wildman–Crippen LogP) is 2.38. The van der Waals surface area contributed by atoms with E-state index in [1.807, 2.05) is 18.2 Å². The van der Waals surface area contributed by atoms with Gasteiger partial charge in [0.25, 0.3) is 0 Å². The number of rotatable bonds is 5. The minimum Gasteiger partial charge on any atom is -0.339 e. The fraction of sp³-hybridized carbons (Fsp3) is 0.300. The van der Waals surface area contributed by atoms with Gasteiger partial charge in [-0.1, -0.05) is 23.4 Å². The van der Waals surface area contributed by atoms with Gasteiger partial charge in [0.2, 0.25) is 17.6 Å². The van der Waals surface area contributed by atoms with Crippen LogP contribution in [0.5, 0.6) is 0 Å². The first kappa shape index (κ1) is 18.2. The molecule has 3 aromatic rings. The summed E-state index contributed by atoms with van der Waals surface area (Å²) in [6.45, 7) is 1.88. The highest BCUT2D eigenvalue weighted by Gasteiger charge is 2.28. The van der Waals surface area contributed by atoms with Crippen LogP contribution >= 0.6 is 0 Å². The summed E-state index contributed by atoms with van der Waals surface area (Å²) in [4.78, 5) is 23.1. The highest BCUT2D eigenvalue weighted by molar-refractivity contribution is 5.77. The number of hydrogen-bond acceptors (Lipinski definition) is 6. The second-order valence-electron chi connectivity index (χ2n) is 6.59. The Morgan fingerprint density at radius 2 is 2.21 bits per heavy atom. The molecule has 1 aliphatic rings. The third kappa shape index (κ3) is 4.07. The standard InChI is InChI=1S/C20H20FN5O2/c21-15-5-3-4-14(12-15)17-13-22-10-11-26(17)19(27)8-7-18-24-20(25-28-18)16-6-1-2-9-23-16/h1-6,9,12,17,22H,7-8,10-11,13H2. The van der Waals surface area contributed by atoms with Crippen LogP contribution in [0.4, 0.5) is 4.39 Å². The zero-order valence-electron chi connectivity index (χ0n) is 15.2. The number of carbonyl (C=O) groups excluding carboxylic acids is 1. The van der Waals surface area contributed by atoms with E-state index in [1.165, 1.54) is 12.1 Å². The molecule has 8 heteroatoms. The van der Waals surface area contributed by atoms with E-state index in [9.17, 15) is 9.18 Å². The largest absolute Gasteiger partial charge is 0.339 e. The lowest BCUT2D eigenvalue weighted by molar-refractivity contribution is -0.134. The van der Waals surface area contributed by atoms with Crippen LogP contribution in [0, 0.1) is 5.82 Å². The van der Waals surface area contributed by atoms with Gasteiger partial charge in [-0.2, -0.15) is 4.98 Å². The quantitative estimate of drug-likeness (QED) is 0.731. The van der Waals surface area contributed by atoms with Gasteiger partial charge in [-0.25, -0.2) is 4.39 Å². The Kier molecular flexibility index (Phi) is 5.38. The molecule has 2 aromatic heterocycles. The number of pyridine rings is 1. The monoisotopic (exact) mass is 381 g/mol. The molecule has 4 rings (SSSR count). The van der Waals surface area contributed by atoms with Gasteiger partial charge in [-0.05, 0) is 29.8 Å². The van der Waals surface area contributed by atoms with Crippen molar-refractivity contribution >= 4 is 5.91 Å². The number of aryl methyl sites for hydroxylation is 1. The van der Waals surface area contributed by atoms with Crippen LogP contribution in [-0.4, -0.2) is 45.6 Å². The average Bonchev–Trinajstić information content (AvgIpc) is 3.22. The first-order chi connectivity index (χ1) is 13.7. The molecular weight excluding hydrogens is 361 g/mol. The van der Waals surface area contributed by atoms with E-state index in [1.54, 1.807) is 23.2 Å². The predicted molar refractivity (Wildman–Crippen MR) is 99.6 cm³/mol. The third-order valence-electron chi connectivity index (χ3n) is 4.71. The Labute approximate surface area is 161 Å². The number of piperazine rings is 1. The van der Waals surface area contributed by atoms with Crippen molar-refractivity contribution in [2.45, 2.75) is 18.9 Å². The maximum absolute atomic E-state index is 13.6. The molecule has 1 saturated heterocycles. The molecule has 0 spiro atoms. The number of hydrogen-bond donors (Lipinski definition) is 1. The van der Waals surface area contributed by atoms with Crippen LogP contribution in [0.1, 0.15) is 23.9 Å². The molecule has 0 saturated carbocycles. The van der Waals surface area contributed by atoms with E-state index in [4.69, 9.17) is 4.52 Å². The smallest absolute Gasteiger partial charge is 0.227 e. The average molecular weight is 381 g/mol. The van der Waals surface area contributed by atoms with Crippen LogP contribution in [-0.2, 0) is 11.2 Å². The van der Waals surface area contributed by atoms with Crippen LogP contribution in [0.3, 0.4) is 0 Å². The van der Waals surface area contributed by atoms with Crippen LogP contribution in [0.2, 0.25) is 0 Å². The Balaban J connectivity index is 1.42. The van der Waals surface area contributed by atoms with E-state index >= 15 is 0 Å². The molecular formula is C20H20FN5O2. The maximum Gasteiger partial charge on any atom is 0.227 e. The summed E-state index contributed by atoms with van der Waals surface area (Å²) < 4.78 is 18.9. The number of aromatic nitrogens is 3. The fourth-order valence-corrected chi connectivity index (χ4v) is 3.33. The second kappa shape index (κ2) is 8.26. The Morgan fingerprint density at radius 3 is 3.04 bits per heavy atom. The fourth-order valence-electron chi connectivity index (χ4n) is 3.33. The van der Waals surface area contributed by atoms with Crippen molar-refractivity contribution in [2.24, 2.45) is 0 Å². The van der Waals surface area contributed by atoms with Gasteiger partial charge in [-0.15, -0.1) is 0 Å². The van der Waals surface area contributed by atoms with Gasteiger partial charge in [0.1, 0.15) is 11.5 Å². The molecule has 3 heterocycles. The van der Waals surface area contributed by atoms with Gasteiger partial charge >= 0.3 is 0 Å². The van der Waals surface area contributed by atoms with Crippen molar-refractivity contribution in [3.8, 4) is 11.5 Å². The summed E-state index contributed by atoms with van der Waals surface area (Å²) in [5.41, 5.74) is 1.41. The summed E-state index contributed by atoms with van der Waals surface area (Å²) in [5.74, 6) is 0.478. The number of halogens is 1. The van der Waals surface area contributed by atoms with Crippen molar-refractivity contribution in [1.82, 2.24) is 25.3 Å². The molecule has 1 unspecified atom stereocenters. The topological polar surface area (TPSA) is 84.1 Å². The van der Waals surface area contributed by atoms with E-state index in [0.717, 1.165) is 5.56 Å². The summed E-state index contributed by atoms with van der Waals surface area (Å²) in [6.07, 6.45) is 2.25. The van der Waals surface area contributed by atoms with E-state index in [0.29, 0.717) is 43.5 Å². The summed E-state index contributed by atoms with van der Waals surface area (Å²) in [5, 5.41) is 7.19. The molecule has 1 aliphatic heterocycles. The molecule has 1 amide bonds. The third-order valence-corrected chi connectivity index (χ3v) is 4.71. The van der Waals surface area contributed by atoms with Crippen LogP contribution < -0.4 is 5.32 Å². The maximum atomic E-state index is 13.6. The minimum absolute atomic E-state index is 0.0200. The first-order valence-corrected chi connectivity index (χ1v) is 9.20. The lowest BCUT2D eigenvalue weighted by Crippen LogP contribution is -2.48. The minimum atomic E-state index is -0.302. The molecule has 0 aliphatic carbocycles. The lowest BCUT2D eigenvalue weighted by Gasteiger charge is -2.36. The molecule has 0 radical (unpaired) electrons. The zero-order valence-corrected chi connectivity index (χ0v) is 15.2. The van der Waals surface area contributed by atoms with Crippen LogP contribution in [0.15, 0.2) is 53.2 Å². The summed E-state index contributed by atoms with van der Waals surface area (Å²) in [7, 11) is 0. The SMILES string of the molecule is O=C(CCc1nc(-c2ccccn2)no1)N1CCNCC1c1cccc(F)c1. The molecule has 1 atom stereocenters. The van der Waals surface area contributed by atoms with Crippen molar-refractivity contribution < 1.29 is 13.7 Å². The molecule has 0 bridgehead atoms. The molecule has 7 nitrogen and oxygen atoms in total. The highest BCUT2D eigenvalue weighted by atomic mass is 19.1.